The highest BCUT2D eigenvalue weighted by Crippen LogP contribution is 2.53. The zero-order valence-corrected chi connectivity index (χ0v) is 53.7. The molecular formula is C88H48N6O2S2. The smallest absolute Gasteiger partial charge is 0.197 e. The summed E-state index contributed by atoms with van der Waals surface area (Å²) in [6, 6.07) is 103. The monoisotopic (exact) mass is 1280 g/mol. The number of rotatable bonds is 8. The van der Waals surface area contributed by atoms with Gasteiger partial charge in [-0.3, -0.25) is 0 Å². The SMILES string of the molecule is [C-]#[N+]c1cc(-c2nc(-c3cccc4c3sc3ccccc34)nc(-c3cccc4c3sc3ccccc34)n2)c(-n2c3ccc(-c4ccccc4)cc3c3c4oc5ccccc5c4ccc32)c(-n2c3ccc(-c4ccccc4)cc3c3c4oc5ccccc5c4ccc32)c1-c1ccccc1. The minimum atomic E-state index is 0.398. The van der Waals surface area contributed by atoms with Crippen LogP contribution in [0.2, 0.25) is 0 Å². The van der Waals surface area contributed by atoms with Crippen LogP contribution in [0.4, 0.5) is 5.69 Å². The summed E-state index contributed by atoms with van der Waals surface area (Å²) < 4.78 is 23.6. The third-order valence-electron chi connectivity index (χ3n) is 19.8. The minimum Gasteiger partial charge on any atom is -0.455 e. The second-order valence-corrected chi connectivity index (χ2v) is 27.2. The third-order valence-corrected chi connectivity index (χ3v) is 22.2. The molecule has 0 atom stereocenters. The summed E-state index contributed by atoms with van der Waals surface area (Å²) in [4.78, 5) is 22.1. The van der Waals surface area contributed by atoms with Crippen molar-refractivity contribution in [1.82, 2.24) is 24.1 Å². The van der Waals surface area contributed by atoms with Crippen molar-refractivity contribution in [3.8, 4) is 78.9 Å². The zero-order chi connectivity index (χ0) is 64.3. The van der Waals surface area contributed by atoms with Gasteiger partial charge in [0.1, 0.15) is 22.3 Å². The Bertz CT molecular complexity index is 6870. The van der Waals surface area contributed by atoms with Crippen LogP contribution in [-0.4, -0.2) is 24.1 Å². The first kappa shape index (κ1) is 54.6. The molecule has 7 aromatic heterocycles. The fraction of sp³-hybridized carbons (Fsp3) is 0. The maximum atomic E-state index is 9.66. The van der Waals surface area contributed by atoms with E-state index >= 15 is 0 Å². The van der Waals surface area contributed by atoms with Crippen LogP contribution >= 0.6 is 22.7 Å². The summed E-state index contributed by atoms with van der Waals surface area (Å²) >= 11 is 3.49. The minimum absolute atomic E-state index is 0.398. The molecule has 10 heteroatoms. The van der Waals surface area contributed by atoms with E-state index in [1.54, 1.807) is 22.7 Å². The number of nitrogens with zero attached hydrogens (tertiary/aromatic N) is 6. The zero-order valence-electron chi connectivity index (χ0n) is 52.0. The van der Waals surface area contributed by atoms with Crippen molar-refractivity contribution in [1.29, 1.82) is 0 Å². The molecule has 0 aliphatic rings. The second kappa shape index (κ2) is 21.1. The Balaban J connectivity index is 0.986. The molecule has 14 aromatic carbocycles. The number of furan rings is 2. The number of benzene rings is 14. The Kier molecular flexibility index (Phi) is 11.8. The highest BCUT2D eigenvalue weighted by atomic mass is 32.1. The van der Waals surface area contributed by atoms with E-state index in [9.17, 15) is 6.57 Å². The summed E-state index contributed by atoms with van der Waals surface area (Å²) in [5.74, 6) is 1.43. The van der Waals surface area contributed by atoms with E-state index < -0.39 is 0 Å². The van der Waals surface area contributed by atoms with Crippen LogP contribution in [0.3, 0.4) is 0 Å². The van der Waals surface area contributed by atoms with Crippen LogP contribution in [0, 0.1) is 6.57 Å². The van der Waals surface area contributed by atoms with Gasteiger partial charge in [0.05, 0.1) is 50.8 Å². The lowest BCUT2D eigenvalue weighted by molar-refractivity contribution is 0.672. The highest BCUT2D eigenvalue weighted by molar-refractivity contribution is 7.26. The van der Waals surface area contributed by atoms with Gasteiger partial charge in [0, 0.05) is 94.9 Å². The number of hydrogen-bond acceptors (Lipinski definition) is 7. The summed E-state index contributed by atoms with van der Waals surface area (Å²) in [5, 5.41) is 12.5. The van der Waals surface area contributed by atoms with E-state index in [2.05, 4.69) is 281 Å². The van der Waals surface area contributed by atoms with E-state index in [-0.39, 0.29) is 0 Å². The molecule has 0 unspecified atom stereocenters. The molecular weight excluding hydrogens is 1240 g/mol. The molecule has 21 rings (SSSR count). The van der Waals surface area contributed by atoms with E-state index in [1.165, 1.54) is 20.2 Å². The number of hydrogen-bond donors (Lipinski definition) is 0. The van der Waals surface area contributed by atoms with Gasteiger partial charge in [0.15, 0.2) is 23.2 Å². The first-order chi connectivity index (χ1) is 48.6. The highest BCUT2D eigenvalue weighted by Gasteiger charge is 2.33. The molecule has 7 heterocycles. The summed E-state index contributed by atoms with van der Waals surface area (Å²) in [7, 11) is 0. The van der Waals surface area contributed by atoms with Gasteiger partial charge in [-0.15, -0.1) is 22.7 Å². The van der Waals surface area contributed by atoms with Crippen LogP contribution in [0.1, 0.15) is 0 Å². The van der Waals surface area contributed by atoms with Crippen molar-refractivity contribution in [2.24, 2.45) is 0 Å². The van der Waals surface area contributed by atoms with Crippen LogP contribution in [0.25, 0.3) is 212 Å². The Morgan fingerprint density at radius 2 is 0.714 bits per heavy atom. The third kappa shape index (κ3) is 8.00. The van der Waals surface area contributed by atoms with Gasteiger partial charge in [0.2, 0.25) is 0 Å². The van der Waals surface area contributed by atoms with Crippen molar-refractivity contribution in [3.63, 3.8) is 0 Å². The van der Waals surface area contributed by atoms with Crippen molar-refractivity contribution in [3.05, 3.63) is 303 Å². The molecule has 98 heavy (non-hydrogen) atoms. The van der Waals surface area contributed by atoms with Gasteiger partial charge in [-0.1, -0.05) is 200 Å². The summed E-state index contributed by atoms with van der Waals surface area (Å²) in [6.07, 6.45) is 0. The predicted molar refractivity (Wildman–Crippen MR) is 408 cm³/mol. The van der Waals surface area contributed by atoms with E-state index in [1.807, 2.05) is 24.3 Å². The lowest BCUT2D eigenvalue weighted by Crippen LogP contribution is -2.10. The van der Waals surface area contributed by atoms with Crippen molar-refractivity contribution < 1.29 is 8.83 Å². The normalized spacial score (nSPS) is 12.1. The second-order valence-electron chi connectivity index (χ2n) is 25.1. The summed E-state index contributed by atoms with van der Waals surface area (Å²) in [6.45, 7) is 9.66. The number of para-hydroxylation sites is 2. The Labute approximate surface area is 566 Å². The standard InChI is InChI=1S/C88H48N6O2S2/c1-89-68-49-67(88-91-86(63-33-19-31-61-57-29-13-17-37-75(57)97-84(61)63)90-87(92-88)64-34-20-32-62-58-30-14-18-38-76(58)98-85(62)64)80(93-69-43-39-53(50-21-5-2-6-22-50)47-65(69)78-71(93)45-41-59-55-27-11-15-35-73(55)95-82(59)78)81(77(68)52-25-9-4-10-26-52)94-70-44-40-54(51-23-7-3-8-24-51)48-66(70)79-72(94)46-42-60-56-28-12-16-36-74(56)96-83(60)79/h2-49H. The molecule has 0 saturated heterocycles. The van der Waals surface area contributed by atoms with Crippen LogP contribution in [0.5, 0.6) is 0 Å². The first-order valence-electron chi connectivity index (χ1n) is 32.7. The molecule has 0 bridgehead atoms. The molecule has 454 valence electrons. The van der Waals surface area contributed by atoms with E-state index in [0.717, 1.165) is 164 Å². The topological polar surface area (TPSA) is 79.2 Å². The number of fused-ring (bicyclic) bond motifs is 20. The molecule has 0 amide bonds. The van der Waals surface area contributed by atoms with Gasteiger partial charge in [-0.05, 0) is 119 Å². The number of thiophene rings is 2. The van der Waals surface area contributed by atoms with Crippen molar-refractivity contribution >= 4 is 156 Å². The quantitative estimate of drug-likeness (QED) is 0.142. The van der Waals surface area contributed by atoms with Crippen molar-refractivity contribution in [2.75, 3.05) is 0 Å². The predicted octanol–water partition coefficient (Wildman–Crippen LogP) is 25.2. The molecule has 0 fully saturated rings. The summed E-state index contributed by atoms with van der Waals surface area (Å²) in [5.41, 5.74) is 16.9. The molecule has 8 nitrogen and oxygen atoms in total. The molecule has 0 spiro atoms. The average molecular weight is 1290 g/mol. The number of aromatic nitrogens is 5. The molecule has 0 N–H and O–H groups in total. The van der Waals surface area contributed by atoms with Gasteiger partial charge in [0.25, 0.3) is 0 Å². The maximum Gasteiger partial charge on any atom is 0.197 e. The maximum absolute atomic E-state index is 9.66. The van der Waals surface area contributed by atoms with Gasteiger partial charge in [-0.25, -0.2) is 19.8 Å². The Hall–Kier alpha value is -12.8. The van der Waals surface area contributed by atoms with Gasteiger partial charge >= 0.3 is 0 Å². The molecule has 0 radical (unpaired) electrons. The van der Waals surface area contributed by atoms with Crippen molar-refractivity contribution in [2.45, 2.75) is 0 Å². The Morgan fingerprint density at radius 3 is 1.20 bits per heavy atom. The molecule has 0 saturated carbocycles. The fourth-order valence-corrected chi connectivity index (χ4v) is 17.9. The van der Waals surface area contributed by atoms with Crippen LogP contribution < -0.4 is 0 Å². The lowest BCUT2D eigenvalue weighted by Gasteiger charge is -2.25. The van der Waals surface area contributed by atoms with Gasteiger partial charge < -0.3 is 18.0 Å². The average Bonchev–Trinajstić information content (AvgIpc) is 1.51. The van der Waals surface area contributed by atoms with Crippen LogP contribution in [-0.2, 0) is 0 Å². The molecule has 0 aliphatic heterocycles. The van der Waals surface area contributed by atoms with E-state index in [0.29, 0.717) is 28.7 Å². The van der Waals surface area contributed by atoms with Gasteiger partial charge in [-0.2, -0.15) is 0 Å². The van der Waals surface area contributed by atoms with E-state index in [4.69, 9.17) is 23.8 Å². The largest absolute Gasteiger partial charge is 0.455 e. The fourth-order valence-electron chi connectivity index (χ4n) is 15.5. The lowest BCUT2D eigenvalue weighted by atomic mass is 9.95. The molecule has 21 aromatic rings. The first-order valence-corrected chi connectivity index (χ1v) is 34.3. The molecule has 0 aliphatic carbocycles. The Morgan fingerprint density at radius 1 is 0.306 bits per heavy atom. The van der Waals surface area contributed by atoms with Crippen LogP contribution in [0.15, 0.2) is 300 Å².